The topological polar surface area (TPSA) is 47.9 Å². The molecule has 0 saturated carbocycles. The van der Waals surface area contributed by atoms with Gasteiger partial charge in [-0.15, -0.1) is 0 Å². The summed E-state index contributed by atoms with van der Waals surface area (Å²) in [6.45, 7) is 11.9. The molecule has 1 fully saturated rings. The van der Waals surface area contributed by atoms with Gasteiger partial charge >= 0.3 is 7.12 Å². The van der Waals surface area contributed by atoms with Crippen molar-refractivity contribution in [1.82, 2.24) is 0 Å². The van der Waals surface area contributed by atoms with Crippen LogP contribution in [0.25, 0.3) is 0 Å². The summed E-state index contributed by atoms with van der Waals surface area (Å²) >= 11 is 0. The Kier molecular flexibility index (Phi) is 3.78. The molecule has 1 saturated heterocycles. The first-order chi connectivity index (χ1) is 9.10. The lowest BCUT2D eigenvalue weighted by atomic mass is 9.79. The van der Waals surface area contributed by atoms with Gasteiger partial charge in [-0.3, -0.25) is 0 Å². The molecule has 2 rings (SSSR count). The molecule has 0 unspecified atom stereocenters. The molecule has 0 aliphatic carbocycles. The fourth-order valence-electron chi connectivity index (χ4n) is 2.06. The summed E-state index contributed by atoms with van der Waals surface area (Å²) in [5.74, 6) is 0.762. The monoisotopic (exact) mass is 278 g/mol. The highest BCUT2D eigenvalue weighted by molar-refractivity contribution is 6.62. The molecule has 1 aliphatic rings. The Bertz CT molecular complexity index is 481. The molecule has 0 aromatic heterocycles. The Morgan fingerprint density at radius 1 is 1.05 bits per heavy atom. The molecule has 1 aromatic rings. The molecular formula is C15H23BO4. The molecular weight excluding hydrogens is 255 g/mol. The SMILES string of the molecule is CC(C)Oc1cc(O)cc(B2OC(C)(C)C(C)(C)O2)c1. The van der Waals surface area contributed by atoms with Crippen LogP contribution in [0.3, 0.4) is 0 Å². The number of aromatic hydroxyl groups is 1. The molecule has 0 atom stereocenters. The second-order valence-corrected chi connectivity index (χ2v) is 6.52. The molecule has 1 aliphatic heterocycles. The van der Waals surface area contributed by atoms with Crippen molar-refractivity contribution < 1.29 is 19.2 Å². The molecule has 1 N–H and O–H groups in total. The number of hydrogen-bond acceptors (Lipinski definition) is 4. The molecule has 20 heavy (non-hydrogen) atoms. The molecule has 0 spiro atoms. The highest BCUT2D eigenvalue weighted by Gasteiger charge is 2.51. The van der Waals surface area contributed by atoms with Crippen LogP contribution in [0, 0.1) is 0 Å². The van der Waals surface area contributed by atoms with E-state index in [0.29, 0.717) is 5.75 Å². The zero-order valence-corrected chi connectivity index (χ0v) is 13.1. The van der Waals surface area contributed by atoms with E-state index in [1.807, 2.05) is 47.6 Å². The first-order valence-electron chi connectivity index (χ1n) is 6.97. The van der Waals surface area contributed by atoms with Gasteiger partial charge in [0.05, 0.1) is 17.3 Å². The van der Waals surface area contributed by atoms with Crippen molar-refractivity contribution in [2.75, 3.05) is 0 Å². The van der Waals surface area contributed by atoms with Gasteiger partial charge in [0.1, 0.15) is 11.5 Å². The van der Waals surface area contributed by atoms with Crippen molar-refractivity contribution in [2.24, 2.45) is 0 Å². The van der Waals surface area contributed by atoms with E-state index in [0.717, 1.165) is 5.46 Å². The average Bonchev–Trinajstić information content (AvgIpc) is 2.46. The van der Waals surface area contributed by atoms with E-state index in [2.05, 4.69) is 0 Å². The zero-order chi connectivity index (χ0) is 15.1. The second-order valence-electron chi connectivity index (χ2n) is 6.52. The second kappa shape index (κ2) is 4.97. The normalized spacial score (nSPS) is 20.4. The third-order valence-electron chi connectivity index (χ3n) is 3.81. The van der Waals surface area contributed by atoms with Crippen LogP contribution in [0.2, 0.25) is 0 Å². The van der Waals surface area contributed by atoms with Crippen LogP contribution < -0.4 is 10.2 Å². The van der Waals surface area contributed by atoms with Crippen LogP contribution in [0.4, 0.5) is 0 Å². The van der Waals surface area contributed by atoms with Gasteiger partial charge in [0.25, 0.3) is 0 Å². The fourth-order valence-corrected chi connectivity index (χ4v) is 2.06. The summed E-state index contributed by atoms with van der Waals surface area (Å²) in [6.07, 6.45) is 0.0444. The molecule has 1 heterocycles. The molecule has 1 aromatic carbocycles. The summed E-state index contributed by atoms with van der Waals surface area (Å²) in [6, 6.07) is 5.09. The number of hydrogen-bond donors (Lipinski definition) is 1. The summed E-state index contributed by atoms with van der Waals surface area (Å²) in [5.41, 5.74) is -0.0380. The van der Waals surface area contributed by atoms with E-state index < -0.39 is 18.3 Å². The maximum atomic E-state index is 9.84. The third-order valence-corrected chi connectivity index (χ3v) is 3.81. The molecule has 0 amide bonds. The average molecular weight is 278 g/mol. The standard InChI is InChI=1S/C15H23BO4/c1-10(2)18-13-8-11(7-12(17)9-13)16-19-14(3,4)15(5,6)20-16/h7-10,17H,1-6H3. The minimum Gasteiger partial charge on any atom is -0.508 e. The smallest absolute Gasteiger partial charge is 0.495 e. The van der Waals surface area contributed by atoms with E-state index in [1.165, 1.54) is 0 Å². The first kappa shape index (κ1) is 15.2. The van der Waals surface area contributed by atoms with Crippen molar-refractivity contribution in [3.63, 3.8) is 0 Å². The highest BCUT2D eigenvalue weighted by Crippen LogP contribution is 2.37. The van der Waals surface area contributed by atoms with Crippen LogP contribution in [0.5, 0.6) is 11.5 Å². The number of phenolic OH excluding ortho intramolecular Hbond substituents is 1. The summed E-state index contributed by atoms with van der Waals surface area (Å²) in [4.78, 5) is 0. The largest absolute Gasteiger partial charge is 0.508 e. The first-order valence-corrected chi connectivity index (χ1v) is 6.97. The Balaban J connectivity index is 2.28. The number of ether oxygens (including phenoxy) is 1. The summed E-state index contributed by atoms with van der Waals surface area (Å²) in [5, 5.41) is 9.84. The van der Waals surface area contributed by atoms with E-state index >= 15 is 0 Å². The molecule has 0 radical (unpaired) electrons. The Morgan fingerprint density at radius 3 is 2.10 bits per heavy atom. The van der Waals surface area contributed by atoms with Gasteiger partial charge in [-0.1, -0.05) is 0 Å². The van der Waals surface area contributed by atoms with Crippen molar-refractivity contribution in [1.29, 1.82) is 0 Å². The van der Waals surface area contributed by atoms with Crippen LogP contribution in [-0.4, -0.2) is 29.5 Å². The Hall–Kier alpha value is -1.20. The van der Waals surface area contributed by atoms with E-state index in [9.17, 15) is 5.11 Å². The Morgan fingerprint density at radius 2 is 1.60 bits per heavy atom. The lowest BCUT2D eigenvalue weighted by molar-refractivity contribution is 0.00578. The van der Waals surface area contributed by atoms with Crippen LogP contribution >= 0.6 is 0 Å². The fraction of sp³-hybridized carbons (Fsp3) is 0.600. The van der Waals surface area contributed by atoms with Gasteiger partial charge in [-0.2, -0.15) is 0 Å². The van der Waals surface area contributed by atoms with Crippen LogP contribution in [0.1, 0.15) is 41.5 Å². The minimum absolute atomic E-state index is 0.0444. The molecule has 110 valence electrons. The predicted molar refractivity (Wildman–Crippen MR) is 79.6 cm³/mol. The zero-order valence-electron chi connectivity index (χ0n) is 13.1. The molecule has 5 heteroatoms. The van der Waals surface area contributed by atoms with Crippen molar-refractivity contribution >= 4 is 12.6 Å². The van der Waals surface area contributed by atoms with Gasteiger partial charge in [-0.25, -0.2) is 0 Å². The van der Waals surface area contributed by atoms with E-state index in [1.54, 1.807) is 12.1 Å². The summed E-state index contributed by atoms with van der Waals surface area (Å²) in [7, 11) is -0.499. The van der Waals surface area contributed by atoms with Gasteiger partial charge in [0, 0.05) is 6.07 Å². The number of benzene rings is 1. The summed E-state index contributed by atoms with van der Waals surface area (Å²) < 4.78 is 17.6. The third kappa shape index (κ3) is 2.94. The van der Waals surface area contributed by atoms with E-state index in [-0.39, 0.29) is 11.9 Å². The maximum absolute atomic E-state index is 9.84. The van der Waals surface area contributed by atoms with Gasteiger partial charge in [0.2, 0.25) is 0 Å². The lowest BCUT2D eigenvalue weighted by Crippen LogP contribution is -2.41. The van der Waals surface area contributed by atoms with Gasteiger partial charge < -0.3 is 19.2 Å². The van der Waals surface area contributed by atoms with Crippen LogP contribution in [-0.2, 0) is 9.31 Å². The van der Waals surface area contributed by atoms with Crippen molar-refractivity contribution in [3.8, 4) is 11.5 Å². The molecule has 4 nitrogen and oxygen atoms in total. The van der Waals surface area contributed by atoms with E-state index in [4.69, 9.17) is 14.0 Å². The predicted octanol–water partition coefficient (Wildman–Crippen LogP) is 2.48. The minimum atomic E-state index is -0.499. The quantitative estimate of drug-likeness (QED) is 0.863. The highest BCUT2D eigenvalue weighted by atomic mass is 16.7. The number of rotatable bonds is 3. The Labute approximate surface area is 121 Å². The van der Waals surface area contributed by atoms with Gasteiger partial charge in [0.15, 0.2) is 0 Å². The molecule has 0 bridgehead atoms. The van der Waals surface area contributed by atoms with Crippen LogP contribution in [0.15, 0.2) is 18.2 Å². The lowest BCUT2D eigenvalue weighted by Gasteiger charge is -2.32. The number of phenols is 1. The van der Waals surface area contributed by atoms with Crippen molar-refractivity contribution in [2.45, 2.75) is 58.8 Å². The van der Waals surface area contributed by atoms with Gasteiger partial charge in [-0.05, 0) is 59.1 Å². The maximum Gasteiger partial charge on any atom is 0.495 e. The van der Waals surface area contributed by atoms with Crippen molar-refractivity contribution in [3.05, 3.63) is 18.2 Å².